The Morgan fingerprint density at radius 1 is 1.35 bits per heavy atom. The lowest BCUT2D eigenvalue weighted by atomic mass is 9.92. The van der Waals surface area contributed by atoms with Crippen molar-refractivity contribution in [2.24, 2.45) is 5.92 Å². The maximum Gasteiger partial charge on any atom is 0.186 e. The Morgan fingerprint density at radius 2 is 2.20 bits per heavy atom. The average molecular weight is 295 g/mol. The number of methoxy groups -OCH3 is 1. The summed E-state index contributed by atoms with van der Waals surface area (Å²) < 4.78 is 5.30. The number of nitrogens with zero attached hydrogens (tertiary/aromatic N) is 2. The van der Waals surface area contributed by atoms with Crippen LogP contribution in [0.25, 0.3) is 0 Å². The Morgan fingerprint density at radius 3 is 3.00 bits per heavy atom. The smallest absolute Gasteiger partial charge is 0.186 e. The molecule has 1 aliphatic carbocycles. The van der Waals surface area contributed by atoms with Gasteiger partial charge in [-0.15, -0.1) is 11.3 Å². The van der Waals surface area contributed by atoms with Gasteiger partial charge in [0.05, 0.1) is 12.3 Å². The minimum atomic E-state index is 0.620. The maximum absolute atomic E-state index is 5.30. The van der Waals surface area contributed by atoms with Gasteiger partial charge in [0.2, 0.25) is 0 Å². The van der Waals surface area contributed by atoms with Crippen LogP contribution in [0.1, 0.15) is 42.7 Å². The van der Waals surface area contributed by atoms with Crippen molar-refractivity contribution < 1.29 is 4.74 Å². The average Bonchev–Trinajstić information content (AvgIpc) is 3.06. The molecule has 2 unspecified atom stereocenters. The summed E-state index contributed by atoms with van der Waals surface area (Å²) in [7, 11) is 3.74. The molecule has 0 bridgehead atoms. The monoisotopic (exact) mass is 295 g/mol. The summed E-state index contributed by atoms with van der Waals surface area (Å²) >= 11 is 1.85. The molecule has 1 saturated heterocycles. The second-order valence-corrected chi connectivity index (χ2v) is 6.99. The Kier molecular flexibility index (Phi) is 4.58. The van der Waals surface area contributed by atoms with E-state index in [1.54, 1.807) is 7.11 Å². The van der Waals surface area contributed by atoms with Crippen molar-refractivity contribution in [1.82, 2.24) is 10.3 Å². The van der Waals surface area contributed by atoms with Gasteiger partial charge in [-0.1, -0.05) is 6.42 Å². The SMILES string of the molecule is CNCc1sc(N2CCCC3CCCC32)nc1COC. The van der Waals surface area contributed by atoms with Crippen LogP contribution in [0.2, 0.25) is 0 Å². The molecule has 1 aromatic rings. The first kappa shape index (κ1) is 14.3. The van der Waals surface area contributed by atoms with E-state index in [2.05, 4.69) is 10.2 Å². The van der Waals surface area contributed by atoms with E-state index >= 15 is 0 Å². The van der Waals surface area contributed by atoms with Crippen LogP contribution in [-0.4, -0.2) is 31.7 Å². The first-order chi connectivity index (χ1) is 9.83. The molecular formula is C15H25N3OS. The van der Waals surface area contributed by atoms with E-state index in [4.69, 9.17) is 9.72 Å². The molecule has 2 atom stereocenters. The van der Waals surface area contributed by atoms with Gasteiger partial charge in [-0.25, -0.2) is 4.98 Å². The summed E-state index contributed by atoms with van der Waals surface area (Å²) in [5.41, 5.74) is 1.11. The van der Waals surface area contributed by atoms with E-state index in [-0.39, 0.29) is 0 Å². The van der Waals surface area contributed by atoms with Gasteiger partial charge in [-0.2, -0.15) is 0 Å². The number of ether oxygens (including phenoxy) is 1. The van der Waals surface area contributed by atoms with Gasteiger partial charge in [0.1, 0.15) is 0 Å². The standard InChI is InChI=1S/C15H25N3OS/c1-16-9-14-12(10-19-2)17-15(20-14)18-8-4-6-11-5-3-7-13(11)18/h11,13,16H,3-10H2,1-2H3. The van der Waals surface area contributed by atoms with Crippen LogP contribution in [0, 0.1) is 5.92 Å². The lowest BCUT2D eigenvalue weighted by Crippen LogP contribution is -2.42. The molecule has 112 valence electrons. The minimum Gasteiger partial charge on any atom is -0.378 e. The zero-order valence-corrected chi connectivity index (χ0v) is 13.3. The number of hydrogen-bond donors (Lipinski definition) is 1. The lowest BCUT2D eigenvalue weighted by molar-refractivity contribution is 0.181. The van der Waals surface area contributed by atoms with E-state index in [1.807, 2.05) is 18.4 Å². The highest BCUT2D eigenvalue weighted by atomic mass is 32.1. The molecule has 0 amide bonds. The van der Waals surface area contributed by atoms with Gasteiger partial charge in [0, 0.05) is 31.1 Å². The molecule has 2 heterocycles. The van der Waals surface area contributed by atoms with Crippen LogP contribution in [-0.2, 0) is 17.9 Å². The Labute approximate surface area is 125 Å². The molecule has 1 aromatic heterocycles. The van der Waals surface area contributed by atoms with Gasteiger partial charge in [0.25, 0.3) is 0 Å². The molecular weight excluding hydrogens is 270 g/mol. The van der Waals surface area contributed by atoms with Crippen molar-refractivity contribution in [1.29, 1.82) is 0 Å². The normalized spacial score (nSPS) is 26.0. The third-order valence-electron chi connectivity index (χ3n) is 4.62. The molecule has 1 saturated carbocycles. The van der Waals surface area contributed by atoms with Crippen molar-refractivity contribution in [2.45, 2.75) is 51.3 Å². The zero-order chi connectivity index (χ0) is 13.9. The van der Waals surface area contributed by atoms with E-state index in [1.165, 1.54) is 48.7 Å². The second-order valence-electron chi connectivity index (χ2n) is 5.92. The summed E-state index contributed by atoms with van der Waals surface area (Å²) in [6.07, 6.45) is 6.90. The topological polar surface area (TPSA) is 37.4 Å². The number of fused-ring (bicyclic) bond motifs is 1. The van der Waals surface area contributed by atoms with Gasteiger partial charge in [-0.3, -0.25) is 0 Å². The number of thiazole rings is 1. The predicted octanol–water partition coefficient (Wildman–Crippen LogP) is 2.78. The lowest BCUT2D eigenvalue weighted by Gasteiger charge is -2.37. The molecule has 0 aromatic carbocycles. The molecule has 2 aliphatic rings. The third-order valence-corrected chi connectivity index (χ3v) is 5.76. The Hall–Kier alpha value is -0.650. The van der Waals surface area contributed by atoms with E-state index in [9.17, 15) is 0 Å². The van der Waals surface area contributed by atoms with E-state index in [0.29, 0.717) is 6.61 Å². The zero-order valence-electron chi connectivity index (χ0n) is 12.5. The molecule has 20 heavy (non-hydrogen) atoms. The fourth-order valence-electron chi connectivity index (χ4n) is 3.73. The highest BCUT2D eigenvalue weighted by molar-refractivity contribution is 7.15. The van der Waals surface area contributed by atoms with Gasteiger partial charge >= 0.3 is 0 Å². The van der Waals surface area contributed by atoms with Crippen molar-refractivity contribution in [3.63, 3.8) is 0 Å². The quantitative estimate of drug-likeness (QED) is 0.906. The second kappa shape index (κ2) is 6.41. The summed E-state index contributed by atoms with van der Waals surface area (Å²) in [5.74, 6) is 0.909. The van der Waals surface area contributed by atoms with Crippen LogP contribution in [0.3, 0.4) is 0 Å². The summed E-state index contributed by atoms with van der Waals surface area (Å²) in [6.45, 7) is 2.69. The van der Waals surface area contributed by atoms with Crippen LogP contribution in [0.4, 0.5) is 5.13 Å². The highest BCUT2D eigenvalue weighted by Crippen LogP contribution is 2.40. The summed E-state index contributed by atoms with van der Waals surface area (Å²) in [6, 6.07) is 0.743. The number of aromatic nitrogens is 1. The molecule has 0 spiro atoms. The van der Waals surface area contributed by atoms with Crippen molar-refractivity contribution in [3.05, 3.63) is 10.6 Å². The Bertz CT molecular complexity index is 425. The van der Waals surface area contributed by atoms with Crippen LogP contribution in [0.15, 0.2) is 0 Å². The minimum absolute atomic E-state index is 0.620. The third kappa shape index (κ3) is 2.71. The molecule has 0 radical (unpaired) electrons. The first-order valence-electron chi connectivity index (χ1n) is 7.72. The van der Waals surface area contributed by atoms with Gasteiger partial charge in [-0.05, 0) is 38.6 Å². The number of piperidine rings is 1. The molecule has 3 rings (SSSR count). The van der Waals surface area contributed by atoms with Crippen molar-refractivity contribution in [2.75, 3.05) is 25.6 Å². The number of anilines is 1. The van der Waals surface area contributed by atoms with Crippen LogP contribution in [0.5, 0.6) is 0 Å². The van der Waals surface area contributed by atoms with Gasteiger partial charge < -0.3 is 15.0 Å². The molecule has 5 heteroatoms. The van der Waals surface area contributed by atoms with Crippen LogP contribution < -0.4 is 10.2 Å². The van der Waals surface area contributed by atoms with E-state index in [0.717, 1.165) is 24.2 Å². The highest BCUT2D eigenvalue weighted by Gasteiger charge is 2.36. The van der Waals surface area contributed by atoms with Crippen LogP contribution >= 0.6 is 11.3 Å². The van der Waals surface area contributed by atoms with Gasteiger partial charge in [0.15, 0.2) is 5.13 Å². The van der Waals surface area contributed by atoms with Crippen molar-refractivity contribution >= 4 is 16.5 Å². The fourth-order valence-corrected chi connectivity index (χ4v) is 4.89. The fraction of sp³-hybridized carbons (Fsp3) is 0.800. The molecule has 2 fully saturated rings. The number of nitrogens with one attached hydrogen (secondary N) is 1. The summed E-state index contributed by atoms with van der Waals surface area (Å²) in [4.78, 5) is 8.79. The largest absolute Gasteiger partial charge is 0.378 e. The predicted molar refractivity (Wildman–Crippen MR) is 83.3 cm³/mol. The molecule has 4 nitrogen and oxygen atoms in total. The summed E-state index contributed by atoms with van der Waals surface area (Å²) in [5, 5.41) is 4.46. The molecule has 1 N–H and O–H groups in total. The molecule has 1 aliphatic heterocycles. The Balaban J connectivity index is 1.83. The van der Waals surface area contributed by atoms with Crippen molar-refractivity contribution in [3.8, 4) is 0 Å². The van der Waals surface area contributed by atoms with E-state index < -0.39 is 0 Å². The maximum atomic E-state index is 5.30. The number of rotatable bonds is 5. The first-order valence-corrected chi connectivity index (χ1v) is 8.54. The number of hydrogen-bond acceptors (Lipinski definition) is 5.